The maximum Gasteiger partial charge on any atom is 0.411 e. The van der Waals surface area contributed by atoms with Gasteiger partial charge in [0.05, 0.1) is 25.3 Å². The highest BCUT2D eigenvalue weighted by molar-refractivity contribution is 5.95. The average molecular weight is 377 g/mol. The molecule has 28 heavy (non-hydrogen) atoms. The molecule has 0 aliphatic carbocycles. The molecule has 2 unspecified atom stereocenters. The first-order valence-electron chi connectivity index (χ1n) is 9.50. The number of hydrogen-bond acceptors (Lipinski definition) is 4. The van der Waals surface area contributed by atoms with Crippen molar-refractivity contribution >= 4 is 17.4 Å². The summed E-state index contributed by atoms with van der Waals surface area (Å²) in [6, 6.07) is 17.1. The summed E-state index contributed by atoms with van der Waals surface area (Å²) >= 11 is 0. The number of benzene rings is 2. The fraction of sp³-hybridized carbons (Fsp3) is 0.304. The van der Waals surface area contributed by atoms with Crippen molar-refractivity contribution in [2.24, 2.45) is 0 Å². The first kappa shape index (κ1) is 18.4. The van der Waals surface area contributed by atoms with Crippen molar-refractivity contribution in [3.8, 4) is 0 Å². The quantitative estimate of drug-likeness (QED) is 0.754. The summed E-state index contributed by atoms with van der Waals surface area (Å²) in [5.41, 5.74) is 3.84. The van der Waals surface area contributed by atoms with E-state index < -0.39 is 0 Å². The lowest BCUT2D eigenvalue weighted by molar-refractivity contribution is -0.0342. The molecule has 1 fully saturated rings. The minimum Gasteiger partial charge on any atom is -0.445 e. The predicted octanol–water partition coefficient (Wildman–Crippen LogP) is 4.08. The van der Waals surface area contributed by atoms with Gasteiger partial charge in [-0.2, -0.15) is 0 Å². The molecule has 5 nitrogen and oxygen atoms in total. The van der Waals surface area contributed by atoms with Crippen LogP contribution < -0.4 is 0 Å². The second kappa shape index (κ2) is 7.98. The Morgan fingerprint density at radius 3 is 2.68 bits per heavy atom. The number of morpholine rings is 1. The molecule has 5 heteroatoms. The molecule has 2 aliphatic rings. The number of carbonyl (C=O) groups excluding carboxylic acids is 2. The summed E-state index contributed by atoms with van der Waals surface area (Å²) in [5, 5.41) is 0. The molecule has 2 atom stereocenters. The number of amides is 1. The summed E-state index contributed by atoms with van der Waals surface area (Å²) in [6.07, 6.45) is 2.44. The zero-order valence-corrected chi connectivity index (χ0v) is 15.8. The highest BCUT2D eigenvalue weighted by atomic mass is 16.6. The van der Waals surface area contributed by atoms with Crippen LogP contribution in [0.1, 0.15) is 34.8 Å². The second-order valence-corrected chi connectivity index (χ2v) is 7.24. The van der Waals surface area contributed by atoms with Crippen LogP contribution in [0.2, 0.25) is 0 Å². The fourth-order valence-electron chi connectivity index (χ4n) is 3.83. The van der Waals surface area contributed by atoms with Crippen molar-refractivity contribution in [2.75, 3.05) is 13.2 Å². The number of carbonyl (C=O) groups is 2. The van der Waals surface area contributed by atoms with Crippen molar-refractivity contribution in [1.29, 1.82) is 0 Å². The summed E-state index contributed by atoms with van der Waals surface area (Å²) < 4.78 is 11.2. The molecule has 0 saturated carbocycles. The van der Waals surface area contributed by atoms with Crippen LogP contribution in [0.15, 0.2) is 60.7 Å². The third-order valence-corrected chi connectivity index (χ3v) is 5.25. The number of hydrogen-bond donors (Lipinski definition) is 0. The van der Waals surface area contributed by atoms with Gasteiger partial charge in [0.25, 0.3) is 0 Å². The van der Waals surface area contributed by atoms with Crippen LogP contribution >= 0.6 is 0 Å². The molecular formula is C23H23NO4. The van der Waals surface area contributed by atoms with Crippen molar-refractivity contribution in [3.05, 3.63) is 77.4 Å². The van der Waals surface area contributed by atoms with Crippen molar-refractivity contribution in [1.82, 2.24) is 4.90 Å². The lowest BCUT2D eigenvalue weighted by Crippen LogP contribution is -2.56. The number of ketones is 1. The number of nitrogens with zero attached hydrogens (tertiary/aromatic N) is 1. The van der Waals surface area contributed by atoms with Gasteiger partial charge < -0.3 is 9.47 Å². The lowest BCUT2D eigenvalue weighted by atomic mass is 9.89. The Kier molecular flexibility index (Phi) is 5.26. The van der Waals surface area contributed by atoms with Gasteiger partial charge in [0, 0.05) is 5.56 Å². The van der Waals surface area contributed by atoms with Crippen LogP contribution in [0.5, 0.6) is 0 Å². The number of fused-ring (bicyclic) bond motifs is 2. The third-order valence-electron chi connectivity index (χ3n) is 5.25. The van der Waals surface area contributed by atoms with Crippen molar-refractivity contribution < 1.29 is 19.1 Å². The van der Waals surface area contributed by atoms with E-state index >= 15 is 0 Å². The van der Waals surface area contributed by atoms with E-state index in [1.165, 1.54) is 0 Å². The minimum absolute atomic E-state index is 0.0490. The van der Waals surface area contributed by atoms with Crippen molar-refractivity contribution in [3.63, 3.8) is 0 Å². The second-order valence-electron chi connectivity index (χ2n) is 7.24. The predicted molar refractivity (Wildman–Crippen MR) is 106 cm³/mol. The summed E-state index contributed by atoms with van der Waals surface area (Å²) in [5.74, 6) is 0.0490. The SMILES string of the molecule is CC(=O)c1cccc(C2=CC3COCC(C2)N3C(=O)OCc2ccccc2)c1. The van der Waals surface area contributed by atoms with Crippen LogP contribution in [-0.2, 0) is 16.1 Å². The van der Waals surface area contributed by atoms with Gasteiger partial charge in [0.1, 0.15) is 6.61 Å². The molecular weight excluding hydrogens is 354 g/mol. The van der Waals surface area contributed by atoms with E-state index in [1.807, 2.05) is 54.6 Å². The molecule has 2 bridgehead atoms. The molecule has 2 aliphatic heterocycles. The normalized spacial score (nSPS) is 21.0. The van der Waals surface area contributed by atoms with Gasteiger partial charge in [-0.3, -0.25) is 9.69 Å². The van der Waals surface area contributed by atoms with Gasteiger partial charge in [-0.1, -0.05) is 54.6 Å². The Morgan fingerprint density at radius 2 is 1.93 bits per heavy atom. The van der Waals surface area contributed by atoms with Gasteiger partial charge in [0.2, 0.25) is 0 Å². The number of rotatable bonds is 4. The maximum absolute atomic E-state index is 12.7. The Balaban J connectivity index is 1.52. The topological polar surface area (TPSA) is 55.8 Å². The Labute approximate surface area is 164 Å². The Morgan fingerprint density at radius 1 is 1.11 bits per heavy atom. The summed E-state index contributed by atoms with van der Waals surface area (Å²) in [6.45, 7) is 2.77. The summed E-state index contributed by atoms with van der Waals surface area (Å²) in [7, 11) is 0. The molecule has 4 rings (SSSR count). The van der Waals surface area contributed by atoms with E-state index in [1.54, 1.807) is 11.8 Å². The van der Waals surface area contributed by atoms with Gasteiger partial charge in [-0.25, -0.2) is 4.79 Å². The molecule has 0 spiro atoms. The van der Waals surface area contributed by atoms with Gasteiger partial charge in [0.15, 0.2) is 5.78 Å². The molecule has 2 aromatic rings. The first-order valence-corrected chi connectivity index (χ1v) is 9.50. The lowest BCUT2D eigenvalue weighted by Gasteiger charge is -2.43. The third kappa shape index (κ3) is 3.85. The van der Waals surface area contributed by atoms with E-state index in [9.17, 15) is 9.59 Å². The molecule has 0 radical (unpaired) electrons. The highest BCUT2D eigenvalue weighted by Gasteiger charge is 2.39. The van der Waals surface area contributed by atoms with E-state index in [0.717, 1.165) is 16.7 Å². The Hall–Kier alpha value is -2.92. The fourth-order valence-corrected chi connectivity index (χ4v) is 3.83. The molecule has 2 heterocycles. The standard InChI is InChI=1S/C23H23NO4/c1-16(25)18-8-5-9-19(10-18)20-11-21-14-27-15-22(12-20)24(21)23(26)28-13-17-6-3-2-4-7-17/h2-11,21-22H,12-15H2,1H3. The zero-order chi connectivity index (χ0) is 19.5. The van der Waals surface area contributed by atoms with Gasteiger partial charge in [-0.05, 0) is 36.1 Å². The van der Waals surface area contributed by atoms with Gasteiger partial charge >= 0.3 is 6.09 Å². The average Bonchev–Trinajstić information content (AvgIpc) is 2.72. The molecule has 0 aromatic heterocycles. The minimum atomic E-state index is -0.310. The molecule has 1 amide bonds. The van der Waals surface area contributed by atoms with Crippen LogP contribution in [0.25, 0.3) is 5.57 Å². The zero-order valence-electron chi connectivity index (χ0n) is 15.8. The van der Waals surface area contributed by atoms with E-state index in [0.29, 0.717) is 25.2 Å². The first-order chi connectivity index (χ1) is 13.6. The summed E-state index contributed by atoms with van der Waals surface area (Å²) in [4.78, 5) is 26.2. The van der Waals surface area contributed by atoms with Crippen LogP contribution in [0, 0.1) is 0 Å². The number of Topliss-reactive ketones (excluding diaryl/α,β-unsaturated/α-hetero) is 1. The smallest absolute Gasteiger partial charge is 0.411 e. The van der Waals surface area contributed by atoms with Crippen LogP contribution in [-0.4, -0.2) is 42.1 Å². The Bertz CT molecular complexity index is 906. The van der Waals surface area contributed by atoms with E-state index in [-0.39, 0.29) is 30.6 Å². The van der Waals surface area contributed by atoms with Crippen LogP contribution in [0.3, 0.4) is 0 Å². The van der Waals surface area contributed by atoms with Crippen molar-refractivity contribution in [2.45, 2.75) is 32.0 Å². The van der Waals surface area contributed by atoms with E-state index in [2.05, 4.69) is 6.08 Å². The molecule has 144 valence electrons. The monoisotopic (exact) mass is 377 g/mol. The van der Waals surface area contributed by atoms with Crippen LogP contribution in [0.4, 0.5) is 4.79 Å². The molecule has 2 aromatic carbocycles. The number of ether oxygens (including phenoxy) is 2. The van der Waals surface area contributed by atoms with E-state index in [4.69, 9.17) is 9.47 Å². The molecule has 0 N–H and O–H groups in total. The van der Waals surface area contributed by atoms with Gasteiger partial charge in [-0.15, -0.1) is 0 Å². The molecule has 1 saturated heterocycles. The highest BCUT2D eigenvalue weighted by Crippen LogP contribution is 2.33. The maximum atomic E-state index is 12.7. The largest absolute Gasteiger partial charge is 0.445 e.